The van der Waals surface area contributed by atoms with Crippen LogP contribution in [0.5, 0.6) is 0 Å². The Bertz CT molecular complexity index is 481. The SMILES string of the molecule is N#Cc1ccc(/C=C/CN(CCO)C2CCCCC2)cc1. The number of hydrogen-bond acceptors (Lipinski definition) is 3. The number of rotatable bonds is 6. The van der Waals surface area contributed by atoms with Gasteiger partial charge in [-0.1, -0.05) is 43.5 Å². The molecular formula is C18H24N2O. The van der Waals surface area contributed by atoms with Gasteiger partial charge >= 0.3 is 0 Å². The Morgan fingerprint density at radius 3 is 2.52 bits per heavy atom. The van der Waals surface area contributed by atoms with Crippen LogP contribution in [0.2, 0.25) is 0 Å². The lowest BCUT2D eigenvalue weighted by Crippen LogP contribution is -2.38. The number of benzene rings is 1. The van der Waals surface area contributed by atoms with Gasteiger partial charge in [-0.3, -0.25) is 4.90 Å². The molecule has 1 fully saturated rings. The van der Waals surface area contributed by atoms with Crippen LogP contribution in [0.25, 0.3) is 6.08 Å². The fraction of sp³-hybridized carbons (Fsp3) is 0.500. The molecule has 0 amide bonds. The molecule has 21 heavy (non-hydrogen) atoms. The lowest BCUT2D eigenvalue weighted by atomic mass is 9.94. The molecule has 0 radical (unpaired) electrons. The highest BCUT2D eigenvalue weighted by Gasteiger charge is 2.19. The van der Waals surface area contributed by atoms with Gasteiger partial charge in [-0.15, -0.1) is 0 Å². The largest absolute Gasteiger partial charge is 0.395 e. The summed E-state index contributed by atoms with van der Waals surface area (Å²) in [5.41, 5.74) is 1.80. The van der Waals surface area contributed by atoms with Crippen molar-refractivity contribution in [1.29, 1.82) is 5.26 Å². The Balaban J connectivity index is 1.90. The third-order valence-electron chi connectivity index (χ3n) is 4.17. The van der Waals surface area contributed by atoms with E-state index in [4.69, 9.17) is 5.26 Å². The van der Waals surface area contributed by atoms with Gasteiger partial charge < -0.3 is 5.11 Å². The van der Waals surface area contributed by atoms with Crippen LogP contribution in [0, 0.1) is 11.3 Å². The van der Waals surface area contributed by atoms with Gasteiger partial charge in [0.2, 0.25) is 0 Å². The highest BCUT2D eigenvalue weighted by atomic mass is 16.3. The van der Waals surface area contributed by atoms with E-state index < -0.39 is 0 Å². The lowest BCUT2D eigenvalue weighted by molar-refractivity contribution is 0.137. The number of hydrogen-bond donors (Lipinski definition) is 1. The van der Waals surface area contributed by atoms with E-state index in [-0.39, 0.29) is 6.61 Å². The van der Waals surface area contributed by atoms with Crippen LogP contribution in [0.4, 0.5) is 0 Å². The fourth-order valence-electron chi connectivity index (χ4n) is 2.99. The fourth-order valence-corrected chi connectivity index (χ4v) is 2.99. The van der Waals surface area contributed by atoms with Crippen molar-refractivity contribution in [1.82, 2.24) is 4.90 Å². The van der Waals surface area contributed by atoms with E-state index in [2.05, 4.69) is 23.1 Å². The summed E-state index contributed by atoms with van der Waals surface area (Å²) in [4.78, 5) is 2.39. The first-order valence-corrected chi connectivity index (χ1v) is 7.85. The second-order valence-corrected chi connectivity index (χ2v) is 5.65. The predicted octanol–water partition coefficient (Wildman–Crippen LogP) is 3.20. The maximum Gasteiger partial charge on any atom is 0.0991 e. The molecule has 1 aliphatic carbocycles. The van der Waals surface area contributed by atoms with Gasteiger partial charge in [0.25, 0.3) is 0 Å². The molecule has 0 aliphatic heterocycles. The second kappa shape index (κ2) is 8.61. The molecule has 3 heteroatoms. The summed E-state index contributed by atoms with van der Waals surface area (Å²) in [5, 5.41) is 18.0. The van der Waals surface area contributed by atoms with E-state index in [0.717, 1.165) is 18.7 Å². The van der Waals surface area contributed by atoms with Crippen LogP contribution in [0.15, 0.2) is 30.3 Å². The normalized spacial score (nSPS) is 16.4. The molecule has 112 valence electrons. The number of nitrogens with zero attached hydrogens (tertiary/aromatic N) is 2. The first-order chi connectivity index (χ1) is 10.3. The van der Waals surface area contributed by atoms with Crippen molar-refractivity contribution in [2.24, 2.45) is 0 Å². The summed E-state index contributed by atoms with van der Waals surface area (Å²) in [5.74, 6) is 0. The molecule has 0 unspecified atom stereocenters. The predicted molar refractivity (Wildman–Crippen MR) is 85.7 cm³/mol. The quantitative estimate of drug-likeness (QED) is 0.872. The zero-order valence-corrected chi connectivity index (χ0v) is 12.5. The van der Waals surface area contributed by atoms with E-state index in [1.54, 1.807) is 0 Å². The maximum atomic E-state index is 9.24. The van der Waals surface area contributed by atoms with Crippen molar-refractivity contribution >= 4 is 6.08 Å². The number of nitriles is 1. The second-order valence-electron chi connectivity index (χ2n) is 5.65. The average molecular weight is 284 g/mol. The molecule has 1 aromatic carbocycles. The maximum absolute atomic E-state index is 9.24. The molecule has 2 rings (SSSR count). The summed E-state index contributed by atoms with van der Waals surface area (Å²) < 4.78 is 0. The van der Waals surface area contributed by atoms with Gasteiger partial charge in [-0.25, -0.2) is 0 Å². The summed E-state index contributed by atoms with van der Waals surface area (Å²) >= 11 is 0. The highest BCUT2D eigenvalue weighted by Crippen LogP contribution is 2.22. The van der Waals surface area contributed by atoms with Gasteiger partial charge in [0.05, 0.1) is 18.2 Å². The van der Waals surface area contributed by atoms with E-state index >= 15 is 0 Å². The molecule has 0 aromatic heterocycles. The van der Waals surface area contributed by atoms with Crippen molar-refractivity contribution < 1.29 is 5.11 Å². The molecule has 1 saturated carbocycles. The Morgan fingerprint density at radius 2 is 1.90 bits per heavy atom. The highest BCUT2D eigenvalue weighted by molar-refractivity contribution is 5.51. The molecule has 0 atom stereocenters. The van der Waals surface area contributed by atoms with Crippen LogP contribution in [-0.2, 0) is 0 Å². The Kier molecular flexibility index (Phi) is 6.46. The van der Waals surface area contributed by atoms with Crippen molar-refractivity contribution in [2.45, 2.75) is 38.1 Å². The number of aliphatic hydroxyl groups is 1. The minimum absolute atomic E-state index is 0.223. The van der Waals surface area contributed by atoms with Gasteiger partial charge in [-0.2, -0.15) is 5.26 Å². The minimum atomic E-state index is 0.223. The van der Waals surface area contributed by atoms with Crippen molar-refractivity contribution in [3.63, 3.8) is 0 Å². The Morgan fingerprint density at radius 1 is 1.19 bits per heavy atom. The molecule has 1 N–H and O–H groups in total. The zero-order chi connectivity index (χ0) is 14.9. The van der Waals surface area contributed by atoms with Crippen molar-refractivity contribution in [3.8, 4) is 6.07 Å². The molecule has 1 aliphatic rings. The zero-order valence-electron chi connectivity index (χ0n) is 12.5. The third-order valence-corrected chi connectivity index (χ3v) is 4.17. The molecule has 1 aromatic rings. The molecule has 3 nitrogen and oxygen atoms in total. The molecular weight excluding hydrogens is 260 g/mol. The van der Waals surface area contributed by atoms with Crippen molar-refractivity contribution in [2.75, 3.05) is 19.7 Å². The minimum Gasteiger partial charge on any atom is -0.395 e. The summed E-state index contributed by atoms with van der Waals surface area (Å²) in [6, 6.07) is 10.4. The topological polar surface area (TPSA) is 47.3 Å². The van der Waals surface area contributed by atoms with Crippen LogP contribution in [-0.4, -0.2) is 35.7 Å². The summed E-state index contributed by atoms with van der Waals surface area (Å²) in [6.07, 6.45) is 10.7. The average Bonchev–Trinajstić information content (AvgIpc) is 2.55. The van der Waals surface area contributed by atoms with E-state index in [1.807, 2.05) is 24.3 Å². The van der Waals surface area contributed by atoms with E-state index in [0.29, 0.717) is 11.6 Å². The lowest BCUT2D eigenvalue weighted by Gasteiger charge is -2.33. The van der Waals surface area contributed by atoms with E-state index in [9.17, 15) is 5.11 Å². The summed E-state index contributed by atoms with van der Waals surface area (Å²) in [6.45, 7) is 1.86. The first-order valence-electron chi connectivity index (χ1n) is 7.85. The van der Waals surface area contributed by atoms with Crippen LogP contribution in [0.1, 0.15) is 43.2 Å². The van der Waals surface area contributed by atoms with Gasteiger partial charge in [0, 0.05) is 19.1 Å². The Labute approximate surface area is 127 Å². The molecule has 0 saturated heterocycles. The molecule has 0 bridgehead atoms. The van der Waals surface area contributed by atoms with Crippen LogP contribution < -0.4 is 0 Å². The van der Waals surface area contributed by atoms with Gasteiger partial charge in [-0.05, 0) is 30.5 Å². The van der Waals surface area contributed by atoms with E-state index in [1.165, 1.54) is 32.1 Å². The third kappa shape index (κ3) is 5.00. The molecule has 0 spiro atoms. The standard InChI is InChI=1S/C18H24N2O/c19-15-17-10-8-16(9-11-17)5-4-12-20(13-14-21)18-6-2-1-3-7-18/h4-5,8-11,18,21H,1-3,6-7,12-14H2/b5-4+. The number of aliphatic hydroxyl groups excluding tert-OH is 1. The van der Waals surface area contributed by atoms with Gasteiger partial charge in [0.15, 0.2) is 0 Å². The van der Waals surface area contributed by atoms with Crippen LogP contribution in [0.3, 0.4) is 0 Å². The monoisotopic (exact) mass is 284 g/mol. The smallest absolute Gasteiger partial charge is 0.0991 e. The van der Waals surface area contributed by atoms with Crippen molar-refractivity contribution in [3.05, 3.63) is 41.5 Å². The van der Waals surface area contributed by atoms with Crippen LogP contribution >= 0.6 is 0 Å². The first kappa shape index (κ1) is 15.8. The van der Waals surface area contributed by atoms with Gasteiger partial charge in [0.1, 0.15) is 0 Å². The summed E-state index contributed by atoms with van der Waals surface area (Å²) in [7, 11) is 0. The molecule has 0 heterocycles. The Hall–Kier alpha value is -1.63.